The lowest BCUT2D eigenvalue weighted by Crippen LogP contribution is -2.13. The molecule has 0 saturated carbocycles. The number of primary sulfonamides is 1. The van der Waals surface area contributed by atoms with Gasteiger partial charge in [-0.25, -0.2) is 13.6 Å². The zero-order valence-electron chi connectivity index (χ0n) is 7.94. The molecule has 0 aliphatic carbocycles. The van der Waals surface area contributed by atoms with E-state index in [4.69, 9.17) is 5.14 Å². The maximum Gasteiger partial charge on any atom is 0.238 e. The number of rotatable bonds is 2. The first-order chi connectivity index (χ1) is 6.30. The summed E-state index contributed by atoms with van der Waals surface area (Å²) in [5.74, 6) is -0.182. The van der Waals surface area contributed by atoms with Crippen molar-refractivity contribution in [3.63, 3.8) is 0 Å². The minimum atomic E-state index is -3.73. The fourth-order valence-electron chi connectivity index (χ4n) is 1.12. The number of carbonyl (C=O) groups excluding carboxylic acids is 1. The number of aryl methyl sites for hydroxylation is 1. The largest absolute Gasteiger partial charge is 0.295 e. The van der Waals surface area contributed by atoms with Crippen LogP contribution in [-0.4, -0.2) is 14.2 Å². The molecule has 0 unspecified atom stereocenters. The van der Waals surface area contributed by atoms with Crippen LogP contribution in [0.3, 0.4) is 0 Å². The van der Waals surface area contributed by atoms with Crippen LogP contribution in [0.2, 0.25) is 0 Å². The molecule has 0 aliphatic rings. The van der Waals surface area contributed by atoms with Crippen molar-refractivity contribution in [1.82, 2.24) is 0 Å². The minimum Gasteiger partial charge on any atom is -0.295 e. The zero-order chi connectivity index (χ0) is 10.9. The standard InChI is InChI=1S/C9H11NO3S/c1-6-3-8(7(2)11)5-9(4-6)14(10,12)13/h3-5H,1-2H3,(H2,10,12,13). The molecule has 4 nitrogen and oxygen atoms in total. The van der Waals surface area contributed by atoms with E-state index in [1.807, 2.05) is 0 Å². The number of benzene rings is 1. The van der Waals surface area contributed by atoms with E-state index in [1.165, 1.54) is 19.1 Å². The third-order valence-electron chi connectivity index (χ3n) is 1.79. The van der Waals surface area contributed by atoms with Gasteiger partial charge in [-0.1, -0.05) is 0 Å². The van der Waals surface area contributed by atoms with Crippen molar-refractivity contribution in [2.45, 2.75) is 18.7 Å². The van der Waals surface area contributed by atoms with Crippen LogP contribution in [0.25, 0.3) is 0 Å². The lowest BCUT2D eigenvalue weighted by molar-refractivity contribution is 0.101. The Kier molecular flexibility index (Phi) is 2.73. The molecule has 76 valence electrons. The Hall–Kier alpha value is -1.20. The molecule has 0 saturated heterocycles. The second-order valence-corrected chi connectivity index (χ2v) is 4.70. The van der Waals surface area contributed by atoms with Gasteiger partial charge in [0.2, 0.25) is 10.0 Å². The molecule has 1 aromatic carbocycles. The average Bonchev–Trinajstić information content (AvgIpc) is 2.01. The molecule has 5 heteroatoms. The van der Waals surface area contributed by atoms with E-state index in [0.29, 0.717) is 11.1 Å². The first-order valence-electron chi connectivity index (χ1n) is 3.96. The van der Waals surface area contributed by atoms with Gasteiger partial charge in [-0.3, -0.25) is 4.79 Å². The van der Waals surface area contributed by atoms with Gasteiger partial charge in [-0.2, -0.15) is 0 Å². The third-order valence-corrected chi connectivity index (χ3v) is 2.68. The van der Waals surface area contributed by atoms with Crippen LogP contribution in [0, 0.1) is 6.92 Å². The highest BCUT2D eigenvalue weighted by molar-refractivity contribution is 7.89. The minimum absolute atomic E-state index is 0.0253. The lowest BCUT2D eigenvalue weighted by atomic mass is 10.1. The number of ketones is 1. The van der Waals surface area contributed by atoms with Gasteiger partial charge in [-0.15, -0.1) is 0 Å². The van der Waals surface area contributed by atoms with Gasteiger partial charge in [0.25, 0.3) is 0 Å². The lowest BCUT2D eigenvalue weighted by Gasteiger charge is -2.02. The van der Waals surface area contributed by atoms with Crippen LogP contribution in [0.5, 0.6) is 0 Å². The van der Waals surface area contributed by atoms with Crippen LogP contribution >= 0.6 is 0 Å². The average molecular weight is 213 g/mol. The van der Waals surface area contributed by atoms with Crippen molar-refractivity contribution in [2.75, 3.05) is 0 Å². The van der Waals surface area contributed by atoms with Gasteiger partial charge in [-0.05, 0) is 37.6 Å². The van der Waals surface area contributed by atoms with Gasteiger partial charge in [0.1, 0.15) is 0 Å². The van der Waals surface area contributed by atoms with Crippen molar-refractivity contribution in [3.05, 3.63) is 29.3 Å². The van der Waals surface area contributed by atoms with E-state index in [-0.39, 0.29) is 10.7 Å². The Morgan fingerprint density at radius 3 is 2.29 bits per heavy atom. The molecule has 0 heterocycles. The van der Waals surface area contributed by atoms with Crippen molar-refractivity contribution < 1.29 is 13.2 Å². The number of carbonyl (C=O) groups is 1. The molecular weight excluding hydrogens is 202 g/mol. The highest BCUT2D eigenvalue weighted by Gasteiger charge is 2.10. The first kappa shape index (κ1) is 10.9. The Morgan fingerprint density at radius 2 is 1.86 bits per heavy atom. The van der Waals surface area contributed by atoms with Gasteiger partial charge >= 0.3 is 0 Å². The zero-order valence-corrected chi connectivity index (χ0v) is 8.76. The fraction of sp³-hybridized carbons (Fsp3) is 0.222. The predicted molar refractivity (Wildman–Crippen MR) is 52.6 cm³/mol. The Labute approximate surface area is 82.8 Å². The maximum absolute atomic E-state index is 11.0. The van der Waals surface area contributed by atoms with Gasteiger partial charge < -0.3 is 0 Å². The summed E-state index contributed by atoms with van der Waals surface area (Å²) in [6, 6.07) is 4.34. The third kappa shape index (κ3) is 2.40. The summed E-state index contributed by atoms with van der Waals surface area (Å²) in [6.07, 6.45) is 0. The van der Waals surface area contributed by atoms with Gasteiger partial charge in [0, 0.05) is 5.56 Å². The predicted octanol–water partition coefficient (Wildman–Crippen LogP) is 0.845. The van der Waals surface area contributed by atoms with E-state index in [2.05, 4.69) is 0 Å². The van der Waals surface area contributed by atoms with Crippen molar-refractivity contribution in [2.24, 2.45) is 5.14 Å². The number of Topliss-reactive ketones (excluding diaryl/α,β-unsaturated/α-hetero) is 1. The molecule has 1 rings (SSSR count). The first-order valence-corrected chi connectivity index (χ1v) is 5.51. The Morgan fingerprint density at radius 1 is 1.29 bits per heavy atom. The summed E-state index contributed by atoms with van der Waals surface area (Å²) in [6.45, 7) is 3.09. The molecule has 0 fully saturated rings. The Balaban J connectivity index is 3.43. The summed E-state index contributed by atoms with van der Waals surface area (Å²) in [5.41, 5.74) is 1.05. The van der Waals surface area contributed by atoms with E-state index in [0.717, 1.165) is 0 Å². The fourth-order valence-corrected chi connectivity index (χ4v) is 1.76. The maximum atomic E-state index is 11.0. The number of sulfonamides is 1. The SMILES string of the molecule is CC(=O)c1cc(C)cc(S(N)(=O)=O)c1. The highest BCUT2D eigenvalue weighted by atomic mass is 32.2. The van der Waals surface area contributed by atoms with Crippen LogP contribution in [0.4, 0.5) is 0 Å². The molecule has 0 bridgehead atoms. The molecule has 1 aromatic rings. The molecule has 0 aliphatic heterocycles. The van der Waals surface area contributed by atoms with E-state index in [9.17, 15) is 13.2 Å². The van der Waals surface area contributed by atoms with Crippen LogP contribution < -0.4 is 5.14 Å². The molecule has 2 N–H and O–H groups in total. The van der Waals surface area contributed by atoms with Crippen LogP contribution in [0.15, 0.2) is 23.1 Å². The monoisotopic (exact) mass is 213 g/mol. The molecule has 0 radical (unpaired) electrons. The quantitative estimate of drug-likeness (QED) is 0.739. The number of hydrogen-bond donors (Lipinski definition) is 1. The Bertz CT molecular complexity index is 477. The van der Waals surface area contributed by atoms with Crippen molar-refractivity contribution in [3.8, 4) is 0 Å². The highest BCUT2D eigenvalue weighted by Crippen LogP contribution is 2.13. The second-order valence-electron chi connectivity index (χ2n) is 3.14. The summed E-state index contributed by atoms with van der Waals surface area (Å²) in [4.78, 5) is 11.0. The normalized spacial score (nSPS) is 11.4. The summed E-state index contributed by atoms with van der Waals surface area (Å²) in [5, 5.41) is 4.96. The molecule has 0 amide bonds. The van der Waals surface area contributed by atoms with E-state index < -0.39 is 10.0 Å². The van der Waals surface area contributed by atoms with Crippen LogP contribution in [0.1, 0.15) is 22.8 Å². The summed E-state index contributed by atoms with van der Waals surface area (Å²) >= 11 is 0. The summed E-state index contributed by atoms with van der Waals surface area (Å²) in [7, 11) is -3.73. The van der Waals surface area contributed by atoms with Crippen molar-refractivity contribution in [1.29, 1.82) is 0 Å². The number of nitrogens with two attached hydrogens (primary N) is 1. The van der Waals surface area contributed by atoms with Crippen molar-refractivity contribution >= 4 is 15.8 Å². The molecule has 0 aromatic heterocycles. The smallest absolute Gasteiger partial charge is 0.238 e. The van der Waals surface area contributed by atoms with Crippen LogP contribution in [-0.2, 0) is 10.0 Å². The van der Waals surface area contributed by atoms with E-state index in [1.54, 1.807) is 13.0 Å². The second kappa shape index (κ2) is 3.51. The van der Waals surface area contributed by atoms with E-state index >= 15 is 0 Å². The topological polar surface area (TPSA) is 77.2 Å². The number of hydrogen-bond acceptors (Lipinski definition) is 3. The van der Waals surface area contributed by atoms with Gasteiger partial charge in [0.05, 0.1) is 4.90 Å². The molecule has 14 heavy (non-hydrogen) atoms. The molecule has 0 atom stereocenters. The molecular formula is C9H11NO3S. The van der Waals surface area contributed by atoms with Gasteiger partial charge in [0.15, 0.2) is 5.78 Å². The molecule has 0 spiro atoms. The summed E-state index contributed by atoms with van der Waals surface area (Å²) < 4.78 is 22.1.